The minimum absolute atomic E-state index is 0.0634. The summed E-state index contributed by atoms with van der Waals surface area (Å²) in [5.74, 6) is 2.56. The number of aryl methyl sites for hydroxylation is 1. The molecule has 1 aliphatic heterocycles. The summed E-state index contributed by atoms with van der Waals surface area (Å²) in [4.78, 5) is 1.18. The van der Waals surface area contributed by atoms with E-state index in [0.717, 1.165) is 11.5 Å². The number of benzene rings is 2. The number of hydrogen-bond donors (Lipinski definition) is 1. The van der Waals surface area contributed by atoms with E-state index in [4.69, 9.17) is 13.7 Å². The van der Waals surface area contributed by atoms with Crippen molar-refractivity contribution in [2.45, 2.75) is 24.8 Å². The van der Waals surface area contributed by atoms with Gasteiger partial charge in [-0.3, -0.25) is 0 Å². The molecule has 0 saturated carbocycles. The zero-order valence-corrected chi connectivity index (χ0v) is 18.5. The lowest BCUT2D eigenvalue weighted by molar-refractivity contribution is 0.269. The lowest BCUT2D eigenvalue weighted by atomic mass is 10.2. The predicted molar refractivity (Wildman–Crippen MR) is 116 cm³/mol. The van der Waals surface area contributed by atoms with Crippen LogP contribution in [0.2, 0.25) is 0 Å². The summed E-state index contributed by atoms with van der Waals surface area (Å²) in [5.41, 5.74) is 1.21. The number of nitrogens with one attached hydrogen (secondary N) is 1. The van der Waals surface area contributed by atoms with E-state index in [1.165, 1.54) is 10.5 Å². The fraction of sp³-hybridized carbons (Fsp3) is 0.429. The van der Waals surface area contributed by atoms with Crippen molar-refractivity contribution in [1.82, 2.24) is 5.32 Å². The Bertz CT molecular complexity index is 915. The molecule has 0 aromatic heterocycles. The second-order valence-corrected chi connectivity index (χ2v) is 9.86. The Hall–Kier alpha value is -1.90. The van der Waals surface area contributed by atoms with Crippen molar-refractivity contribution in [2.75, 3.05) is 31.8 Å². The first kappa shape index (κ1) is 21.8. The number of methoxy groups -OCH3 is 1. The number of fused-ring (bicyclic) bond motifs is 1. The Morgan fingerprint density at radius 2 is 1.93 bits per heavy atom. The van der Waals surface area contributed by atoms with Gasteiger partial charge in [-0.25, -0.2) is 0 Å². The summed E-state index contributed by atoms with van der Waals surface area (Å²) >= 11 is 1.77. The molecule has 0 bridgehead atoms. The molecule has 6 nitrogen and oxygen atoms in total. The van der Waals surface area contributed by atoms with Crippen LogP contribution in [-0.2, 0) is 10.1 Å². The first-order valence-electron chi connectivity index (χ1n) is 9.51. The molecule has 0 radical (unpaired) electrons. The van der Waals surface area contributed by atoms with Gasteiger partial charge in [0.1, 0.15) is 23.9 Å². The Balaban J connectivity index is 1.47. The van der Waals surface area contributed by atoms with Crippen LogP contribution in [0.15, 0.2) is 47.4 Å². The third-order valence-electron chi connectivity index (χ3n) is 4.57. The fourth-order valence-electron chi connectivity index (χ4n) is 3.05. The molecule has 0 amide bonds. The minimum Gasteiger partial charge on any atom is -0.497 e. The van der Waals surface area contributed by atoms with Crippen LogP contribution in [0.4, 0.5) is 0 Å². The monoisotopic (exact) mass is 437 g/mol. The topological polar surface area (TPSA) is 73.9 Å². The van der Waals surface area contributed by atoms with Crippen molar-refractivity contribution >= 4 is 21.9 Å². The van der Waals surface area contributed by atoms with Crippen molar-refractivity contribution in [3.63, 3.8) is 0 Å². The summed E-state index contributed by atoms with van der Waals surface area (Å²) in [6, 6.07) is 12.7. The van der Waals surface area contributed by atoms with Crippen LogP contribution >= 0.6 is 11.8 Å². The highest BCUT2D eigenvalue weighted by Crippen LogP contribution is 2.35. The summed E-state index contributed by atoms with van der Waals surface area (Å²) in [7, 11) is -2.13. The molecule has 8 heteroatoms. The molecule has 2 aromatic rings. The highest BCUT2D eigenvalue weighted by Gasteiger charge is 2.22. The van der Waals surface area contributed by atoms with E-state index in [1.807, 2.05) is 19.1 Å². The fourth-order valence-corrected chi connectivity index (χ4v) is 5.49. The lowest BCUT2D eigenvalue weighted by Crippen LogP contribution is -2.40. The summed E-state index contributed by atoms with van der Waals surface area (Å²) in [6.45, 7) is 5.10. The van der Waals surface area contributed by atoms with Crippen LogP contribution in [0.1, 0.15) is 12.5 Å². The largest absolute Gasteiger partial charge is 0.497 e. The molecule has 1 heterocycles. The maximum atomic E-state index is 12.3. The van der Waals surface area contributed by atoms with Crippen molar-refractivity contribution < 1.29 is 22.1 Å². The maximum Gasteiger partial charge on any atom is 0.309 e. The average Bonchev–Trinajstić information content (AvgIpc) is 2.90. The number of thioether (sulfide) groups is 1. The van der Waals surface area contributed by atoms with Crippen LogP contribution in [0, 0.1) is 12.8 Å². The molecule has 3 rings (SSSR count). The lowest BCUT2D eigenvalue weighted by Gasteiger charge is -2.19. The first-order chi connectivity index (χ1) is 13.9. The number of rotatable bonds is 8. The van der Waals surface area contributed by atoms with Gasteiger partial charge in [0.2, 0.25) is 0 Å². The number of ether oxygens (including phenoxy) is 2. The van der Waals surface area contributed by atoms with Gasteiger partial charge in [0, 0.05) is 5.75 Å². The second kappa shape index (κ2) is 9.73. The van der Waals surface area contributed by atoms with Gasteiger partial charge in [-0.2, -0.15) is 8.42 Å². The third-order valence-corrected chi connectivity index (χ3v) is 7.38. The van der Waals surface area contributed by atoms with Gasteiger partial charge >= 0.3 is 10.1 Å². The Morgan fingerprint density at radius 3 is 2.66 bits per heavy atom. The molecule has 0 spiro atoms. The van der Waals surface area contributed by atoms with Gasteiger partial charge in [-0.15, -0.1) is 11.8 Å². The summed E-state index contributed by atoms with van der Waals surface area (Å²) in [5, 5.41) is 3.43. The maximum absolute atomic E-state index is 12.3. The van der Waals surface area contributed by atoms with E-state index >= 15 is 0 Å². The van der Waals surface area contributed by atoms with E-state index in [0.29, 0.717) is 18.9 Å². The Labute approximate surface area is 177 Å². The van der Waals surface area contributed by atoms with Crippen molar-refractivity contribution in [3.05, 3.63) is 48.0 Å². The summed E-state index contributed by atoms with van der Waals surface area (Å²) in [6.07, 6.45) is 0. The number of hydrogen-bond acceptors (Lipinski definition) is 7. The second-order valence-electron chi connectivity index (χ2n) is 7.22. The van der Waals surface area contributed by atoms with Crippen LogP contribution in [0.3, 0.4) is 0 Å². The van der Waals surface area contributed by atoms with Gasteiger partial charge in [-0.1, -0.05) is 19.1 Å². The highest BCUT2D eigenvalue weighted by atomic mass is 32.2. The van der Waals surface area contributed by atoms with Crippen LogP contribution in [-0.4, -0.2) is 46.2 Å². The zero-order chi connectivity index (χ0) is 20.9. The SMILES string of the molecule is COc1ccc(OS(=O)(=O)C[C@@H](C)CN[C@@H]2COc3cccc(C)c3SC2)cc1. The molecule has 0 aliphatic carbocycles. The molecule has 1 aliphatic rings. The van der Waals surface area contributed by atoms with Gasteiger partial charge in [0.15, 0.2) is 0 Å². The third kappa shape index (κ3) is 6.29. The van der Waals surface area contributed by atoms with Gasteiger partial charge in [0.25, 0.3) is 0 Å². The standard InChI is InChI=1S/C21H27NO5S2/c1-15(14-29(23,24)27-19-9-7-18(25-3)8-10-19)11-22-17-12-26-20-6-4-5-16(2)21(20)28-13-17/h4-10,15,17,22H,11-14H2,1-3H3/t15-,17+/m0/s1. The first-order valence-corrected chi connectivity index (χ1v) is 12.1. The van der Waals surface area contributed by atoms with Gasteiger partial charge < -0.3 is 19.0 Å². The summed E-state index contributed by atoms with van der Waals surface area (Å²) < 4.78 is 40.9. The van der Waals surface area contributed by atoms with E-state index in [-0.39, 0.29) is 23.5 Å². The van der Waals surface area contributed by atoms with Crippen LogP contribution < -0.4 is 19.0 Å². The highest BCUT2D eigenvalue weighted by molar-refractivity contribution is 7.99. The molecule has 0 saturated heterocycles. The zero-order valence-electron chi connectivity index (χ0n) is 16.9. The Morgan fingerprint density at radius 1 is 1.21 bits per heavy atom. The quantitative estimate of drug-likeness (QED) is 0.634. The molecule has 158 valence electrons. The van der Waals surface area contributed by atoms with E-state index in [9.17, 15) is 8.42 Å². The smallest absolute Gasteiger partial charge is 0.309 e. The average molecular weight is 438 g/mol. The van der Waals surface area contributed by atoms with Crippen LogP contribution in [0.25, 0.3) is 0 Å². The van der Waals surface area contributed by atoms with Gasteiger partial charge in [0.05, 0.1) is 23.8 Å². The molecule has 0 fully saturated rings. The Kier molecular flexibility index (Phi) is 7.32. The van der Waals surface area contributed by atoms with Crippen molar-refractivity contribution in [1.29, 1.82) is 0 Å². The van der Waals surface area contributed by atoms with E-state index < -0.39 is 10.1 Å². The molecule has 2 aromatic carbocycles. The molecular weight excluding hydrogens is 410 g/mol. The molecular formula is C21H27NO5S2. The normalized spacial score (nSPS) is 17.6. The van der Waals surface area contributed by atoms with E-state index in [1.54, 1.807) is 43.1 Å². The molecule has 29 heavy (non-hydrogen) atoms. The van der Waals surface area contributed by atoms with Crippen molar-refractivity contribution in [2.24, 2.45) is 5.92 Å². The van der Waals surface area contributed by atoms with E-state index in [2.05, 4.69) is 18.3 Å². The molecule has 1 N–H and O–H groups in total. The predicted octanol–water partition coefficient (Wildman–Crippen LogP) is 3.49. The van der Waals surface area contributed by atoms with Crippen molar-refractivity contribution in [3.8, 4) is 17.2 Å². The van der Waals surface area contributed by atoms with Crippen LogP contribution in [0.5, 0.6) is 17.2 Å². The molecule has 0 unspecified atom stereocenters. The molecule has 2 atom stereocenters. The minimum atomic E-state index is -3.68. The van der Waals surface area contributed by atoms with Gasteiger partial charge in [-0.05, 0) is 55.3 Å².